The summed E-state index contributed by atoms with van der Waals surface area (Å²) >= 11 is 0. The molecule has 3 aliphatic carbocycles. The van der Waals surface area contributed by atoms with Gasteiger partial charge in [0.05, 0.1) is 7.11 Å². The van der Waals surface area contributed by atoms with Crippen LogP contribution in [-0.4, -0.2) is 17.9 Å². The lowest BCUT2D eigenvalue weighted by Crippen LogP contribution is -2.47. The van der Waals surface area contributed by atoms with E-state index in [4.69, 9.17) is 4.74 Å². The molecule has 0 N–H and O–H groups in total. The zero-order chi connectivity index (χ0) is 21.8. The zero-order valence-corrected chi connectivity index (χ0v) is 18.1. The number of nitrogens with zero attached hydrogens (tertiary/aromatic N) is 1. The molecule has 3 nitrogen and oxygen atoms in total. The first-order chi connectivity index (χ1) is 15.6. The number of aromatic nitrogens is 1. The highest BCUT2D eigenvalue weighted by molar-refractivity contribution is 6.05. The second kappa shape index (κ2) is 7.03. The monoisotopic (exact) mass is 419 g/mol. The van der Waals surface area contributed by atoms with Gasteiger partial charge >= 0.3 is 0 Å². The Morgan fingerprint density at radius 1 is 0.906 bits per heavy atom. The third-order valence-electron chi connectivity index (χ3n) is 7.76. The van der Waals surface area contributed by atoms with Crippen LogP contribution in [-0.2, 0) is 5.41 Å². The Labute approximate surface area is 188 Å². The fourth-order valence-electron chi connectivity index (χ4n) is 6.31. The van der Waals surface area contributed by atoms with Gasteiger partial charge in [-0.3, -0.25) is 9.78 Å². The third kappa shape index (κ3) is 2.74. The van der Waals surface area contributed by atoms with Crippen molar-refractivity contribution < 1.29 is 9.53 Å². The normalized spacial score (nSPS) is 26.0. The van der Waals surface area contributed by atoms with E-state index < -0.39 is 0 Å². The molecule has 0 amide bonds. The number of methoxy groups -OCH3 is 1. The average Bonchev–Trinajstić information content (AvgIpc) is 3.37. The summed E-state index contributed by atoms with van der Waals surface area (Å²) in [5.74, 6) is 1.23. The maximum absolute atomic E-state index is 14.1. The van der Waals surface area contributed by atoms with Gasteiger partial charge in [-0.15, -0.1) is 0 Å². The second-order valence-electron chi connectivity index (χ2n) is 9.42. The maximum atomic E-state index is 14.1. The molecule has 1 heterocycles. The molecule has 3 aromatic carbocycles. The van der Waals surface area contributed by atoms with Crippen LogP contribution in [0, 0.1) is 5.41 Å². The molecule has 7 rings (SSSR count). The first-order valence-corrected chi connectivity index (χ1v) is 11.2. The third-order valence-corrected chi connectivity index (χ3v) is 7.76. The molecule has 0 aliphatic heterocycles. The molecular weight excluding hydrogens is 394 g/mol. The number of hydrogen-bond acceptors (Lipinski definition) is 3. The SMILES string of the molecule is COc1ccc2cc(C(=O)C34CC(c5ccccc5)(C[C@H]3c3ccccn3)C4)ccc2c1. The number of carbonyl (C=O) groups excluding carboxylic acids is 1. The summed E-state index contributed by atoms with van der Waals surface area (Å²) in [6.45, 7) is 0. The molecule has 0 spiro atoms. The van der Waals surface area contributed by atoms with Crippen molar-refractivity contribution in [1.29, 1.82) is 0 Å². The van der Waals surface area contributed by atoms with Gasteiger partial charge in [0.25, 0.3) is 0 Å². The van der Waals surface area contributed by atoms with E-state index in [0.717, 1.165) is 47.0 Å². The standard InChI is InChI=1S/C29H25NO2/c1-32-24-13-12-20-15-22(11-10-21(20)16-24)27(31)29-18-28(19-29,23-7-3-2-4-8-23)17-25(29)26-9-5-6-14-30-26/h2-16,25H,17-19H2,1H3/t25-,28?,29?/m0/s1. The van der Waals surface area contributed by atoms with Gasteiger partial charge in [-0.25, -0.2) is 0 Å². The van der Waals surface area contributed by atoms with Gasteiger partial charge in [0.1, 0.15) is 5.75 Å². The van der Waals surface area contributed by atoms with Crippen molar-refractivity contribution in [1.82, 2.24) is 4.98 Å². The molecule has 1 atom stereocenters. The van der Waals surface area contributed by atoms with E-state index in [2.05, 4.69) is 41.4 Å². The van der Waals surface area contributed by atoms with E-state index in [9.17, 15) is 4.79 Å². The molecule has 3 fully saturated rings. The molecule has 32 heavy (non-hydrogen) atoms. The van der Waals surface area contributed by atoms with Crippen LogP contribution < -0.4 is 4.74 Å². The van der Waals surface area contributed by atoms with Gasteiger partial charge in [0, 0.05) is 28.8 Å². The Bertz CT molecular complexity index is 1310. The highest BCUT2D eigenvalue weighted by Gasteiger charge is 2.70. The summed E-state index contributed by atoms with van der Waals surface area (Å²) in [5, 5.41) is 2.15. The molecular formula is C29H25NO2. The predicted octanol–water partition coefficient (Wildman–Crippen LogP) is 6.33. The Balaban J connectivity index is 1.41. The van der Waals surface area contributed by atoms with Gasteiger partial charge in [-0.05, 0) is 71.3 Å². The summed E-state index contributed by atoms with van der Waals surface area (Å²) in [6.07, 6.45) is 4.61. The fourth-order valence-corrected chi connectivity index (χ4v) is 6.31. The first kappa shape index (κ1) is 19.2. The minimum atomic E-state index is -0.385. The van der Waals surface area contributed by atoms with Crippen LogP contribution in [0.25, 0.3) is 10.8 Å². The lowest BCUT2D eigenvalue weighted by atomic mass is 9.54. The molecule has 158 valence electrons. The smallest absolute Gasteiger partial charge is 0.169 e. The van der Waals surface area contributed by atoms with Gasteiger partial charge in [-0.2, -0.15) is 0 Å². The Hall–Kier alpha value is -3.46. The minimum absolute atomic E-state index is 0.0727. The molecule has 0 radical (unpaired) electrons. The number of pyridine rings is 1. The molecule has 1 aromatic heterocycles. The number of ketones is 1. The highest BCUT2D eigenvalue weighted by atomic mass is 16.5. The molecule has 3 saturated carbocycles. The Kier molecular flexibility index (Phi) is 4.23. The van der Waals surface area contributed by atoms with Gasteiger partial charge in [0.2, 0.25) is 0 Å². The lowest BCUT2D eigenvalue weighted by Gasteiger charge is -2.48. The van der Waals surface area contributed by atoms with E-state index in [1.165, 1.54) is 5.56 Å². The van der Waals surface area contributed by atoms with Crippen LogP contribution in [0.15, 0.2) is 91.1 Å². The highest BCUT2D eigenvalue weighted by Crippen LogP contribution is 2.73. The number of carbonyl (C=O) groups is 1. The van der Waals surface area contributed by atoms with Crippen LogP contribution in [0.2, 0.25) is 0 Å². The maximum Gasteiger partial charge on any atom is 0.169 e. The van der Waals surface area contributed by atoms with E-state index in [0.29, 0.717) is 0 Å². The zero-order valence-electron chi connectivity index (χ0n) is 18.1. The van der Waals surface area contributed by atoms with Crippen LogP contribution in [0.4, 0.5) is 0 Å². The summed E-state index contributed by atoms with van der Waals surface area (Å²) in [4.78, 5) is 18.8. The molecule has 0 saturated heterocycles. The Morgan fingerprint density at radius 2 is 1.66 bits per heavy atom. The van der Waals surface area contributed by atoms with Crippen molar-refractivity contribution in [2.45, 2.75) is 30.6 Å². The predicted molar refractivity (Wildman–Crippen MR) is 126 cm³/mol. The van der Waals surface area contributed by atoms with Crippen molar-refractivity contribution in [3.63, 3.8) is 0 Å². The van der Waals surface area contributed by atoms with Crippen molar-refractivity contribution in [2.75, 3.05) is 7.11 Å². The first-order valence-electron chi connectivity index (χ1n) is 11.2. The quantitative estimate of drug-likeness (QED) is 0.355. The van der Waals surface area contributed by atoms with Crippen LogP contribution >= 0.6 is 0 Å². The molecule has 2 bridgehead atoms. The van der Waals surface area contributed by atoms with Gasteiger partial charge in [0.15, 0.2) is 5.78 Å². The molecule has 3 heteroatoms. The Morgan fingerprint density at radius 3 is 2.41 bits per heavy atom. The summed E-state index contributed by atoms with van der Waals surface area (Å²) in [5.41, 5.74) is 2.88. The number of benzene rings is 3. The summed E-state index contributed by atoms with van der Waals surface area (Å²) < 4.78 is 5.35. The number of fused-ring (bicyclic) bond motifs is 2. The number of hydrogen-bond donors (Lipinski definition) is 0. The number of Topliss-reactive ketones (excluding diaryl/α,β-unsaturated/α-hetero) is 1. The van der Waals surface area contributed by atoms with Crippen molar-refractivity contribution >= 4 is 16.6 Å². The fraction of sp³-hybridized carbons (Fsp3) is 0.241. The topological polar surface area (TPSA) is 39.2 Å². The van der Waals surface area contributed by atoms with Crippen LogP contribution in [0.5, 0.6) is 5.75 Å². The molecule has 0 unspecified atom stereocenters. The largest absolute Gasteiger partial charge is 0.497 e. The minimum Gasteiger partial charge on any atom is -0.497 e. The van der Waals surface area contributed by atoms with Gasteiger partial charge < -0.3 is 4.74 Å². The van der Waals surface area contributed by atoms with Crippen LogP contribution in [0.1, 0.15) is 46.8 Å². The second-order valence-corrected chi connectivity index (χ2v) is 9.42. The lowest BCUT2D eigenvalue weighted by molar-refractivity contribution is 0.0537. The average molecular weight is 420 g/mol. The van der Waals surface area contributed by atoms with Crippen molar-refractivity contribution in [2.24, 2.45) is 5.41 Å². The van der Waals surface area contributed by atoms with Gasteiger partial charge in [-0.1, -0.05) is 54.6 Å². The summed E-state index contributed by atoms with van der Waals surface area (Å²) in [7, 11) is 1.67. The number of rotatable bonds is 5. The van der Waals surface area contributed by atoms with Crippen molar-refractivity contribution in [3.05, 3.63) is 108 Å². The summed E-state index contributed by atoms with van der Waals surface area (Å²) in [6, 6.07) is 28.8. The van der Waals surface area contributed by atoms with E-state index in [1.807, 2.05) is 54.7 Å². The van der Waals surface area contributed by atoms with E-state index in [1.54, 1.807) is 7.11 Å². The molecule has 4 aromatic rings. The number of ether oxygens (including phenoxy) is 1. The van der Waals surface area contributed by atoms with Crippen molar-refractivity contribution in [3.8, 4) is 5.75 Å². The van der Waals surface area contributed by atoms with E-state index in [-0.39, 0.29) is 22.5 Å². The van der Waals surface area contributed by atoms with E-state index >= 15 is 0 Å². The van der Waals surface area contributed by atoms with Crippen LogP contribution in [0.3, 0.4) is 0 Å². The molecule has 3 aliphatic rings.